The van der Waals surface area contributed by atoms with Gasteiger partial charge in [0.2, 0.25) is 0 Å². The summed E-state index contributed by atoms with van der Waals surface area (Å²) < 4.78 is -0.242. The van der Waals surface area contributed by atoms with E-state index in [1.165, 1.54) is 0 Å². The number of hydrogen-bond acceptors (Lipinski definition) is 3. The van der Waals surface area contributed by atoms with Crippen LogP contribution in [0.25, 0.3) is 0 Å². The summed E-state index contributed by atoms with van der Waals surface area (Å²) in [5.41, 5.74) is -0.675. The van der Waals surface area contributed by atoms with Crippen LogP contribution in [0.3, 0.4) is 0 Å². The Labute approximate surface area is 155 Å². The Hall–Kier alpha value is -1.92. The molecular formula is C20H31N2O4+. The minimum atomic E-state index is -1.17. The lowest BCUT2D eigenvalue weighted by Crippen LogP contribution is -2.73. The van der Waals surface area contributed by atoms with Gasteiger partial charge in [0.15, 0.2) is 0 Å². The summed E-state index contributed by atoms with van der Waals surface area (Å²) in [6, 6.07) is 9.55. The summed E-state index contributed by atoms with van der Waals surface area (Å²) in [5, 5.41) is 23.4. The number of likely N-dealkylation sites (tertiary alicyclic amines) is 1. The van der Waals surface area contributed by atoms with Crippen molar-refractivity contribution in [2.45, 2.75) is 58.7 Å². The number of benzene rings is 1. The highest BCUT2D eigenvalue weighted by atomic mass is 16.4. The van der Waals surface area contributed by atoms with Gasteiger partial charge in [-0.1, -0.05) is 30.3 Å². The summed E-state index contributed by atoms with van der Waals surface area (Å²) in [6.07, 6.45) is -0.469. The Bertz CT molecular complexity index is 670. The monoisotopic (exact) mass is 363 g/mol. The van der Waals surface area contributed by atoms with Gasteiger partial charge >= 0.3 is 12.1 Å². The topological polar surface area (TPSA) is 86.6 Å². The first kappa shape index (κ1) is 20.4. The predicted octanol–water partition coefficient (Wildman–Crippen LogP) is 3.49. The van der Waals surface area contributed by atoms with E-state index in [0.717, 1.165) is 5.56 Å². The molecule has 0 spiro atoms. The molecule has 0 aromatic heterocycles. The maximum atomic E-state index is 12.2. The fourth-order valence-electron chi connectivity index (χ4n) is 4.06. The van der Waals surface area contributed by atoms with Crippen molar-refractivity contribution in [3.63, 3.8) is 0 Å². The molecule has 0 aliphatic carbocycles. The van der Waals surface area contributed by atoms with Crippen molar-refractivity contribution >= 4 is 12.1 Å². The van der Waals surface area contributed by atoms with Crippen molar-refractivity contribution in [2.24, 2.45) is 5.41 Å². The van der Waals surface area contributed by atoms with Crippen molar-refractivity contribution < 1.29 is 24.3 Å². The molecule has 6 nitrogen and oxygen atoms in total. The van der Waals surface area contributed by atoms with Crippen molar-refractivity contribution in [3.05, 3.63) is 35.9 Å². The van der Waals surface area contributed by atoms with Crippen LogP contribution in [0.4, 0.5) is 4.79 Å². The lowest BCUT2D eigenvalue weighted by molar-refractivity contribution is -0.913. The quantitative estimate of drug-likeness (QED) is 0.713. The summed E-state index contributed by atoms with van der Waals surface area (Å²) in [6.45, 7) is 9.74. The van der Waals surface area contributed by atoms with Crippen LogP contribution < -0.4 is 5.32 Å². The number of piperidine rings is 1. The smallest absolute Gasteiger partial charge is 0.481 e. The molecule has 1 aliphatic heterocycles. The number of nitrogens with zero attached hydrogens (tertiary/aromatic N) is 1. The van der Waals surface area contributed by atoms with E-state index < -0.39 is 23.0 Å². The second kappa shape index (κ2) is 7.00. The largest absolute Gasteiger partial charge is 0.514 e. The second-order valence-electron chi connectivity index (χ2n) is 8.67. The SMILES string of the molecule is C[C@@H](N[C@@H]1CC[N+](C(=O)O)(C(C)(C)C)C[C@]1(C)C(=O)O)c1ccccc1. The standard InChI is InChI=1S/C20H30N2O4/c1-14(15-9-7-6-8-10-15)21-16-11-12-22(18(25)26,19(2,3)4)13-20(16,5)17(23)24/h6-10,14,16,21H,11-13H2,1-5H3,(H-,23,24,25,26)/p+1/t14-,16-,20+,22?/m1/s1. The van der Waals surface area contributed by atoms with E-state index in [4.69, 9.17) is 0 Å². The average molecular weight is 363 g/mol. The number of amides is 1. The molecule has 0 bridgehead atoms. The zero-order valence-corrected chi connectivity index (χ0v) is 16.3. The normalized spacial score (nSPS) is 30.6. The van der Waals surface area contributed by atoms with Crippen LogP contribution in [0, 0.1) is 5.41 Å². The minimum Gasteiger partial charge on any atom is -0.481 e. The summed E-state index contributed by atoms with van der Waals surface area (Å²) in [5.74, 6) is -0.956. The number of aliphatic carboxylic acids is 1. The van der Waals surface area contributed by atoms with Crippen LogP contribution in [-0.2, 0) is 4.79 Å². The summed E-state index contributed by atoms with van der Waals surface area (Å²) >= 11 is 0. The van der Waals surface area contributed by atoms with Gasteiger partial charge in [-0.15, -0.1) is 0 Å². The maximum absolute atomic E-state index is 12.2. The molecular weight excluding hydrogens is 332 g/mol. The predicted molar refractivity (Wildman–Crippen MR) is 99.9 cm³/mol. The molecule has 1 amide bonds. The van der Waals surface area contributed by atoms with Crippen LogP contribution in [0.5, 0.6) is 0 Å². The van der Waals surface area contributed by atoms with E-state index in [0.29, 0.717) is 13.0 Å². The number of rotatable bonds is 4. The van der Waals surface area contributed by atoms with Crippen LogP contribution in [-0.4, -0.2) is 51.4 Å². The van der Waals surface area contributed by atoms with Gasteiger partial charge < -0.3 is 15.5 Å². The number of carbonyl (C=O) groups is 2. The van der Waals surface area contributed by atoms with E-state index in [9.17, 15) is 19.8 Å². The first-order valence-corrected chi connectivity index (χ1v) is 9.09. The van der Waals surface area contributed by atoms with E-state index >= 15 is 0 Å². The first-order valence-electron chi connectivity index (χ1n) is 9.09. The molecule has 1 fully saturated rings. The summed E-state index contributed by atoms with van der Waals surface area (Å²) in [7, 11) is 0. The Kier molecular flexibility index (Phi) is 5.49. The van der Waals surface area contributed by atoms with Gasteiger partial charge in [0, 0.05) is 18.5 Å². The molecule has 1 saturated heterocycles. The van der Waals surface area contributed by atoms with E-state index in [1.54, 1.807) is 6.92 Å². The maximum Gasteiger partial charge on any atom is 0.514 e. The number of hydrogen-bond donors (Lipinski definition) is 3. The highest BCUT2D eigenvalue weighted by Gasteiger charge is 2.60. The third-order valence-corrected chi connectivity index (χ3v) is 6.06. The molecule has 2 rings (SSSR count). The Morgan fingerprint density at radius 2 is 1.81 bits per heavy atom. The Morgan fingerprint density at radius 1 is 1.23 bits per heavy atom. The van der Waals surface area contributed by atoms with E-state index in [1.807, 2.05) is 58.0 Å². The summed E-state index contributed by atoms with van der Waals surface area (Å²) in [4.78, 5) is 24.3. The lowest BCUT2D eigenvalue weighted by Gasteiger charge is -2.53. The highest BCUT2D eigenvalue weighted by Crippen LogP contribution is 2.40. The molecule has 1 heterocycles. The van der Waals surface area contributed by atoms with E-state index in [2.05, 4.69) is 5.32 Å². The van der Waals surface area contributed by atoms with Crippen LogP contribution in [0.15, 0.2) is 30.3 Å². The molecule has 6 heteroatoms. The average Bonchev–Trinajstić information content (AvgIpc) is 2.56. The molecule has 1 unspecified atom stereocenters. The highest BCUT2D eigenvalue weighted by molar-refractivity contribution is 5.76. The first-order chi connectivity index (χ1) is 11.9. The third-order valence-electron chi connectivity index (χ3n) is 6.06. The van der Waals surface area contributed by atoms with Crippen LogP contribution in [0.2, 0.25) is 0 Å². The number of nitrogens with one attached hydrogen (secondary N) is 1. The molecule has 4 atom stereocenters. The molecule has 1 aromatic carbocycles. The lowest BCUT2D eigenvalue weighted by atomic mass is 9.74. The molecule has 0 saturated carbocycles. The number of carboxylic acids is 1. The molecule has 1 aliphatic rings. The minimum absolute atomic E-state index is 0.0145. The van der Waals surface area contributed by atoms with Crippen LogP contribution in [0.1, 0.15) is 52.6 Å². The van der Waals surface area contributed by atoms with Gasteiger partial charge in [-0.3, -0.25) is 4.79 Å². The van der Waals surface area contributed by atoms with Gasteiger partial charge in [0.1, 0.15) is 17.5 Å². The zero-order chi connectivity index (χ0) is 19.8. The number of quaternary nitrogens is 1. The fourth-order valence-corrected chi connectivity index (χ4v) is 4.06. The molecule has 3 N–H and O–H groups in total. The van der Waals surface area contributed by atoms with Crippen molar-refractivity contribution in [1.29, 1.82) is 0 Å². The fraction of sp³-hybridized carbons (Fsp3) is 0.600. The second-order valence-corrected chi connectivity index (χ2v) is 8.67. The van der Waals surface area contributed by atoms with Gasteiger partial charge in [-0.25, -0.2) is 4.48 Å². The molecule has 144 valence electrons. The van der Waals surface area contributed by atoms with Gasteiger partial charge in [0.25, 0.3) is 0 Å². The van der Waals surface area contributed by atoms with Gasteiger partial charge in [0.05, 0.1) is 6.54 Å². The van der Waals surface area contributed by atoms with E-state index in [-0.39, 0.29) is 23.1 Å². The van der Waals surface area contributed by atoms with Gasteiger partial charge in [-0.05, 0) is 40.2 Å². The van der Waals surface area contributed by atoms with Gasteiger partial charge in [-0.2, -0.15) is 4.79 Å². The third kappa shape index (κ3) is 3.48. The Balaban J connectivity index is 2.33. The van der Waals surface area contributed by atoms with Crippen molar-refractivity contribution in [2.75, 3.05) is 13.1 Å². The number of carboxylic acid groups (broad SMARTS) is 2. The van der Waals surface area contributed by atoms with Crippen LogP contribution >= 0.6 is 0 Å². The van der Waals surface area contributed by atoms with Crippen molar-refractivity contribution in [3.8, 4) is 0 Å². The molecule has 1 aromatic rings. The Morgan fingerprint density at radius 3 is 2.27 bits per heavy atom. The zero-order valence-electron chi connectivity index (χ0n) is 16.3. The molecule has 0 radical (unpaired) electrons. The molecule has 26 heavy (non-hydrogen) atoms. The van der Waals surface area contributed by atoms with Crippen molar-refractivity contribution in [1.82, 2.24) is 5.32 Å².